The lowest BCUT2D eigenvalue weighted by atomic mass is 10.1. The first-order chi connectivity index (χ1) is 6.34. The third-order valence-electron chi connectivity index (χ3n) is 2.46. The molecule has 0 spiro atoms. The molecule has 0 aliphatic heterocycles. The number of aromatic amines is 1. The summed E-state index contributed by atoms with van der Waals surface area (Å²) in [4.78, 5) is 3.23. The maximum Gasteiger partial charge on any atom is 0.134 e. The van der Waals surface area contributed by atoms with Gasteiger partial charge in [-0.1, -0.05) is 0 Å². The summed E-state index contributed by atoms with van der Waals surface area (Å²) in [6.45, 7) is 2.09. The Balaban J connectivity index is 2.59. The molecule has 0 bridgehead atoms. The number of benzene rings is 1. The Morgan fingerprint density at radius 2 is 2.23 bits per heavy atom. The summed E-state index contributed by atoms with van der Waals surface area (Å²) in [6.07, 6.45) is 3.74. The van der Waals surface area contributed by atoms with Gasteiger partial charge in [0.2, 0.25) is 0 Å². The number of rotatable bonds is 0. The highest BCUT2D eigenvalue weighted by molar-refractivity contribution is 5.95. The SMILES string of the molecule is Cc1c[nH]c2cc3ccoc3cc12. The van der Waals surface area contributed by atoms with E-state index in [2.05, 4.69) is 24.0 Å². The van der Waals surface area contributed by atoms with Crippen LogP contribution in [0.15, 0.2) is 35.1 Å². The maximum atomic E-state index is 5.34. The van der Waals surface area contributed by atoms with Gasteiger partial charge in [-0.25, -0.2) is 0 Å². The van der Waals surface area contributed by atoms with Crippen LogP contribution in [0.25, 0.3) is 21.9 Å². The summed E-state index contributed by atoms with van der Waals surface area (Å²) in [5.74, 6) is 0. The normalized spacial score (nSPS) is 11.5. The molecule has 13 heavy (non-hydrogen) atoms. The van der Waals surface area contributed by atoms with Crippen molar-refractivity contribution in [3.63, 3.8) is 0 Å². The van der Waals surface area contributed by atoms with E-state index in [1.807, 2.05) is 12.3 Å². The summed E-state index contributed by atoms with van der Waals surface area (Å²) < 4.78 is 5.34. The van der Waals surface area contributed by atoms with E-state index in [1.165, 1.54) is 16.5 Å². The van der Waals surface area contributed by atoms with Crippen molar-refractivity contribution >= 4 is 21.9 Å². The molecule has 64 valence electrons. The highest BCUT2D eigenvalue weighted by Gasteiger charge is 2.03. The van der Waals surface area contributed by atoms with E-state index in [4.69, 9.17) is 4.42 Å². The molecular formula is C11H9NO. The summed E-state index contributed by atoms with van der Waals surface area (Å²) in [5.41, 5.74) is 3.38. The van der Waals surface area contributed by atoms with Crippen molar-refractivity contribution in [1.29, 1.82) is 0 Å². The summed E-state index contributed by atoms with van der Waals surface area (Å²) >= 11 is 0. The lowest BCUT2D eigenvalue weighted by Crippen LogP contribution is -1.69. The van der Waals surface area contributed by atoms with E-state index in [0.717, 1.165) is 11.0 Å². The highest BCUT2D eigenvalue weighted by atomic mass is 16.3. The Labute approximate surface area is 75.2 Å². The minimum Gasteiger partial charge on any atom is -0.464 e. The molecule has 0 radical (unpaired) electrons. The Morgan fingerprint density at radius 3 is 3.15 bits per heavy atom. The first kappa shape index (κ1) is 6.78. The van der Waals surface area contributed by atoms with Gasteiger partial charge in [0.15, 0.2) is 0 Å². The van der Waals surface area contributed by atoms with Crippen molar-refractivity contribution in [2.75, 3.05) is 0 Å². The molecule has 0 atom stereocenters. The molecule has 0 aliphatic carbocycles. The average molecular weight is 171 g/mol. The van der Waals surface area contributed by atoms with Gasteiger partial charge in [-0.3, -0.25) is 0 Å². The van der Waals surface area contributed by atoms with Gasteiger partial charge in [0.25, 0.3) is 0 Å². The second-order valence-electron chi connectivity index (χ2n) is 3.33. The van der Waals surface area contributed by atoms with Gasteiger partial charge in [-0.15, -0.1) is 0 Å². The number of aryl methyl sites for hydroxylation is 1. The molecule has 3 rings (SSSR count). The van der Waals surface area contributed by atoms with Crippen LogP contribution in [0.1, 0.15) is 5.56 Å². The average Bonchev–Trinajstić information content (AvgIpc) is 2.70. The first-order valence-corrected chi connectivity index (χ1v) is 4.29. The second-order valence-corrected chi connectivity index (χ2v) is 3.33. The van der Waals surface area contributed by atoms with Gasteiger partial charge in [-0.05, 0) is 30.7 Å². The van der Waals surface area contributed by atoms with E-state index in [9.17, 15) is 0 Å². The van der Waals surface area contributed by atoms with Gasteiger partial charge in [0.1, 0.15) is 5.58 Å². The predicted molar refractivity (Wildman–Crippen MR) is 52.8 cm³/mol. The van der Waals surface area contributed by atoms with Gasteiger partial charge in [0, 0.05) is 22.5 Å². The Hall–Kier alpha value is -1.70. The number of aromatic nitrogens is 1. The molecule has 2 heteroatoms. The standard InChI is InChI=1S/C11H9NO/c1-7-6-12-10-4-8-2-3-13-11(8)5-9(7)10/h2-6,12H,1H3. The third kappa shape index (κ3) is 0.827. The minimum absolute atomic E-state index is 0.954. The van der Waals surface area contributed by atoms with Crippen LogP contribution in [0.2, 0.25) is 0 Å². The van der Waals surface area contributed by atoms with Crippen LogP contribution in [0, 0.1) is 6.92 Å². The fourth-order valence-electron chi connectivity index (χ4n) is 1.72. The Kier molecular flexibility index (Phi) is 1.13. The molecule has 2 heterocycles. The van der Waals surface area contributed by atoms with Crippen molar-refractivity contribution in [1.82, 2.24) is 4.98 Å². The molecule has 1 aromatic carbocycles. The van der Waals surface area contributed by atoms with Crippen LogP contribution in [0.4, 0.5) is 0 Å². The zero-order chi connectivity index (χ0) is 8.84. The molecule has 0 amide bonds. The zero-order valence-corrected chi connectivity index (χ0v) is 7.29. The van der Waals surface area contributed by atoms with Gasteiger partial charge >= 0.3 is 0 Å². The molecule has 0 fully saturated rings. The fourth-order valence-corrected chi connectivity index (χ4v) is 1.72. The quantitative estimate of drug-likeness (QED) is 0.552. The van der Waals surface area contributed by atoms with Crippen molar-refractivity contribution in [3.05, 3.63) is 36.2 Å². The first-order valence-electron chi connectivity index (χ1n) is 4.29. The smallest absolute Gasteiger partial charge is 0.134 e. The van der Waals surface area contributed by atoms with E-state index in [1.54, 1.807) is 6.26 Å². The zero-order valence-electron chi connectivity index (χ0n) is 7.29. The molecule has 0 unspecified atom stereocenters. The summed E-state index contributed by atoms with van der Waals surface area (Å²) in [7, 11) is 0. The second kappa shape index (κ2) is 2.16. The van der Waals surface area contributed by atoms with Crippen LogP contribution >= 0.6 is 0 Å². The van der Waals surface area contributed by atoms with E-state index in [-0.39, 0.29) is 0 Å². The molecule has 0 saturated heterocycles. The summed E-state index contributed by atoms with van der Waals surface area (Å²) in [6, 6.07) is 6.17. The number of hydrogen-bond donors (Lipinski definition) is 1. The number of nitrogens with one attached hydrogen (secondary N) is 1. The number of hydrogen-bond acceptors (Lipinski definition) is 1. The summed E-state index contributed by atoms with van der Waals surface area (Å²) in [5, 5.41) is 2.39. The maximum absolute atomic E-state index is 5.34. The van der Waals surface area contributed by atoms with Crippen LogP contribution < -0.4 is 0 Å². The lowest BCUT2D eigenvalue weighted by Gasteiger charge is -1.91. The minimum atomic E-state index is 0.954. The topological polar surface area (TPSA) is 28.9 Å². The number of H-pyrrole nitrogens is 1. The van der Waals surface area contributed by atoms with Crippen molar-refractivity contribution in [3.8, 4) is 0 Å². The van der Waals surface area contributed by atoms with Gasteiger partial charge < -0.3 is 9.40 Å². The van der Waals surface area contributed by atoms with Crippen LogP contribution in [-0.4, -0.2) is 4.98 Å². The van der Waals surface area contributed by atoms with Gasteiger partial charge in [0.05, 0.1) is 6.26 Å². The molecule has 3 aromatic rings. The molecule has 2 aromatic heterocycles. The van der Waals surface area contributed by atoms with Crippen molar-refractivity contribution in [2.24, 2.45) is 0 Å². The fraction of sp³-hybridized carbons (Fsp3) is 0.0909. The number of furan rings is 1. The molecule has 1 N–H and O–H groups in total. The van der Waals surface area contributed by atoms with Crippen molar-refractivity contribution in [2.45, 2.75) is 6.92 Å². The molecular weight excluding hydrogens is 162 g/mol. The molecule has 0 saturated carbocycles. The monoisotopic (exact) mass is 171 g/mol. The van der Waals surface area contributed by atoms with E-state index < -0.39 is 0 Å². The Morgan fingerprint density at radius 1 is 1.31 bits per heavy atom. The van der Waals surface area contributed by atoms with E-state index >= 15 is 0 Å². The third-order valence-corrected chi connectivity index (χ3v) is 2.46. The Bertz CT molecular complexity index is 574. The number of fused-ring (bicyclic) bond motifs is 2. The van der Waals surface area contributed by atoms with Crippen LogP contribution in [-0.2, 0) is 0 Å². The lowest BCUT2D eigenvalue weighted by molar-refractivity contribution is 0.616. The highest BCUT2D eigenvalue weighted by Crippen LogP contribution is 2.24. The van der Waals surface area contributed by atoms with Crippen molar-refractivity contribution < 1.29 is 4.42 Å². The molecule has 2 nitrogen and oxygen atoms in total. The molecule has 0 aliphatic rings. The largest absolute Gasteiger partial charge is 0.464 e. The van der Waals surface area contributed by atoms with E-state index in [0.29, 0.717) is 0 Å². The van der Waals surface area contributed by atoms with Crippen LogP contribution in [0.3, 0.4) is 0 Å². The predicted octanol–water partition coefficient (Wildman–Crippen LogP) is 3.22. The van der Waals surface area contributed by atoms with Gasteiger partial charge in [-0.2, -0.15) is 0 Å². The van der Waals surface area contributed by atoms with Crippen LogP contribution in [0.5, 0.6) is 0 Å².